The standard InChI is InChI=1S/C12H14.3C2H6/c1-5-11-8-6-7-10(4)12(11)9(2)3;3*1-2/h5-8H,1-2H2,3-4H3;3*1-2H3. The summed E-state index contributed by atoms with van der Waals surface area (Å²) >= 11 is 0. The van der Waals surface area contributed by atoms with Crippen molar-refractivity contribution in [3.63, 3.8) is 0 Å². The van der Waals surface area contributed by atoms with E-state index in [-0.39, 0.29) is 0 Å². The van der Waals surface area contributed by atoms with Gasteiger partial charge in [0.2, 0.25) is 0 Å². The molecule has 18 heavy (non-hydrogen) atoms. The minimum absolute atomic E-state index is 1.10. The number of benzene rings is 1. The topological polar surface area (TPSA) is 0 Å². The molecule has 0 nitrogen and oxygen atoms in total. The molecule has 0 radical (unpaired) electrons. The summed E-state index contributed by atoms with van der Waals surface area (Å²) in [5, 5.41) is 0. The Kier molecular flexibility index (Phi) is 19.1. The predicted octanol–water partition coefficient (Wildman–Crippen LogP) is 6.75. The molecule has 0 saturated heterocycles. The zero-order valence-corrected chi connectivity index (χ0v) is 13.7. The highest BCUT2D eigenvalue weighted by molar-refractivity contribution is 5.73. The lowest BCUT2D eigenvalue weighted by molar-refractivity contribution is 1.40. The number of hydrogen-bond acceptors (Lipinski definition) is 0. The normalized spacial score (nSPS) is 7.33. The second-order valence-electron chi connectivity index (χ2n) is 3.02. The molecule has 1 aromatic carbocycles. The molecular formula is C18H32. The van der Waals surface area contributed by atoms with Gasteiger partial charge in [-0.3, -0.25) is 0 Å². The lowest BCUT2D eigenvalue weighted by Crippen LogP contribution is -1.88. The first-order valence-electron chi connectivity index (χ1n) is 7.04. The van der Waals surface area contributed by atoms with Gasteiger partial charge in [-0.1, -0.05) is 84.5 Å². The van der Waals surface area contributed by atoms with E-state index in [0.717, 1.165) is 5.57 Å². The molecule has 0 aromatic heterocycles. The number of allylic oxidation sites excluding steroid dienone is 1. The quantitative estimate of drug-likeness (QED) is 0.543. The van der Waals surface area contributed by atoms with Crippen molar-refractivity contribution in [2.24, 2.45) is 0 Å². The summed E-state index contributed by atoms with van der Waals surface area (Å²) in [6.07, 6.45) is 1.87. The van der Waals surface area contributed by atoms with E-state index in [2.05, 4.69) is 32.2 Å². The number of hydrogen-bond donors (Lipinski definition) is 0. The molecule has 0 aliphatic rings. The highest BCUT2D eigenvalue weighted by Gasteiger charge is 2.01. The fraction of sp³-hybridized carbons (Fsp3) is 0.444. The van der Waals surface area contributed by atoms with E-state index in [1.165, 1.54) is 16.7 Å². The second-order valence-corrected chi connectivity index (χ2v) is 3.02. The highest BCUT2D eigenvalue weighted by atomic mass is 14.1. The summed E-state index contributed by atoms with van der Waals surface area (Å²) in [5.74, 6) is 0. The van der Waals surface area contributed by atoms with Crippen LogP contribution in [-0.4, -0.2) is 0 Å². The van der Waals surface area contributed by atoms with E-state index >= 15 is 0 Å². The first-order chi connectivity index (χ1) is 8.66. The maximum atomic E-state index is 3.95. The Labute approximate surface area is 115 Å². The van der Waals surface area contributed by atoms with Crippen LogP contribution < -0.4 is 0 Å². The minimum Gasteiger partial charge on any atom is -0.0984 e. The fourth-order valence-electron chi connectivity index (χ4n) is 1.44. The van der Waals surface area contributed by atoms with Gasteiger partial charge in [0.15, 0.2) is 0 Å². The van der Waals surface area contributed by atoms with Crippen molar-refractivity contribution in [2.45, 2.75) is 55.4 Å². The third-order valence-electron chi connectivity index (χ3n) is 1.95. The highest BCUT2D eigenvalue weighted by Crippen LogP contribution is 2.22. The van der Waals surface area contributed by atoms with Gasteiger partial charge in [0, 0.05) is 0 Å². The molecule has 0 aliphatic heterocycles. The van der Waals surface area contributed by atoms with E-state index < -0.39 is 0 Å². The van der Waals surface area contributed by atoms with Crippen LogP contribution in [-0.2, 0) is 0 Å². The van der Waals surface area contributed by atoms with Crippen molar-refractivity contribution in [1.29, 1.82) is 0 Å². The molecule has 0 heterocycles. The molecule has 0 aliphatic carbocycles. The molecule has 0 N–H and O–H groups in total. The Bertz CT molecular complexity index is 319. The first kappa shape index (κ1) is 21.9. The molecule has 104 valence electrons. The van der Waals surface area contributed by atoms with Gasteiger partial charge in [0.05, 0.1) is 0 Å². The Balaban J connectivity index is -0.000000328. The Morgan fingerprint density at radius 1 is 1.00 bits per heavy atom. The summed E-state index contributed by atoms with van der Waals surface area (Å²) in [6, 6.07) is 6.19. The molecule has 0 heteroatoms. The van der Waals surface area contributed by atoms with Crippen LogP contribution in [0.15, 0.2) is 31.4 Å². The summed E-state index contributed by atoms with van der Waals surface area (Å²) in [5.41, 5.74) is 4.76. The zero-order chi connectivity index (χ0) is 15.1. The Hall–Kier alpha value is -1.30. The fourth-order valence-corrected chi connectivity index (χ4v) is 1.44. The van der Waals surface area contributed by atoms with Gasteiger partial charge >= 0.3 is 0 Å². The van der Waals surface area contributed by atoms with E-state index in [9.17, 15) is 0 Å². The number of aryl methyl sites for hydroxylation is 1. The van der Waals surface area contributed by atoms with Crippen molar-refractivity contribution in [3.05, 3.63) is 48.0 Å². The predicted molar refractivity (Wildman–Crippen MR) is 90.0 cm³/mol. The first-order valence-corrected chi connectivity index (χ1v) is 7.04. The molecule has 0 fully saturated rings. The molecule has 0 bridgehead atoms. The van der Waals surface area contributed by atoms with E-state index in [4.69, 9.17) is 0 Å². The van der Waals surface area contributed by atoms with Crippen molar-refractivity contribution in [1.82, 2.24) is 0 Å². The molecule has 1 aromatic rings. The van der Waals surface area contributed by atoms with Crippen LogP contribution in [0.25, 0.3) is 11.6 Å². The SMILES string of the molecule is C=Cc1cccc(C)c1C(=C)C.CC.CC.CC. The van der Waals surface area contributed by atoms with Gasteiger partial charge in [-0.05, 0) is 30.5 Å². The van der Waals surface area contributed by atoms with E-state index in [0.29, 0.717) is 0 Å². The molecule has 0 spiro atoms. The van der Waals surface area contributed by atoms with Gasteiger partial charge in [0.1, 0.15) is 0 Å². The van der Waals surface area contributed by atoms with Crippen LogP contribution in [0.1, 0.15) is 65.2 Å². The largest absolute Gasteiger partial charge is 0.0984 e. The summed E-state index contributed by atoms with van der Waals surface area (Å²) in [6.45, 7) is 23.8. The summed E-state index contributed by atoms with van der Waals surface area (Å²) in [4.78, 5) is 0. The molecule has 0 atom stereocenters. The molecule has 0 saturated carbocycles. The van der Waals surface area contributed by atoms with Gasteiger partial charge < -0.3 is 0 Å². The molecular weight excluding hydrogens is 216 g/mol. The van der Waals surface area contributed by atoms with Crippen LogP contribution in [0.5, 0.6) is 0 Å². The summed E-state index contributed by atoms with van der Waals surface area (Å²) < 4.78 is 0. The van der Waals surface area contributed by atoms with E-state index in [1.54, 1.807) is 0 Å². The van der Waals surface area contributed by atoms with Gasteiger partial charge in [-0.15, -0.1) is 0 Å². The lowest BCUT2D eigenvalue weighted by atomic mass is 9.97. The smallest absolute Gasteiger partial charge is 0.0132 e. The third kappa shape index (κ3) is 7.89. The van der Waals surface area contributed by atoms with Crippen molar-refractivity contribution in [3.8, 4) is 0 Å². The Morgan fingerprint density at radius 2 is 1.44 bits per heavy atom. The molecule has 0 amide bonds. The van der Waals surface area contributed by atoms with Gasteiger partial charge in [0.25, 0.3) is 0 Å². The average molecular weight is 248 g/mol. The second kappa shape index (κ2) is 15.7. The summed E-state index contributed by atoms with van der Waals surface area (Å²) in [7, 11) is 0. The third-order valence-corrected chi connectivity index (χ3v) is 1.95. The van der Waals surface area contributed by atoms with Crippen LogP contribution in [0.3, 0.4) is 0 Å². The van der Waals surface area contributed by atoms with Crippen molar-refractivity contribution >= 4 is 11.6 Å². The number of rotatable bonds is 2. The van der Waals surface area contributed by atoms with Crippen molar-refractivity contribution < 1.29 is 0 Å². The minimum atomic E-state index is 1.10. The lowest BCUT2D eigenvalue weighted by Gasteiger charge is -2.08. The van der Waals surface area contributed by atoms with Gasteiger partial charge in [-0.25, -0.2) is 0 Å². The Morgan fingerprint density at radius 3 is 1.72 bits per heavy atom. The van der Waals surface area contributed by atoms with Crippen molar-refractivity contribution in [2.75, 3.05) is 0 Å². The monoisotopic (exact) mass is 248 g/mol. The van der Waals surface area contributed by atoms with Crippen LogP contribution in [0.4, 0.5) is 0 Å². The molecule has 0 unspecified atom stereocenters. The van der Waals surface area contributed by atoms with E-state index in [1.807, 2.05) is 60.6 Å². The van der Waals surface area contributed by atoms with Crippen LogP contribution >= 0.6 is 0 Å². The van der Waals surface area contributed by atoms with Crippen LogP contribution in [0, 0.1) is 6.92 Å². The molecule has 1 rings (SSSR count). The zero-order valence-electron chi connectivity index (χ0n) is 13.7. The van der Waals surface area contributed by atoms with Crippen LogP contribution in [0.2, 0.25) is 0 Å². The van der Waals surface area contributed by atoms with Gasteiger partial charge in [-0.2, -0.15) is 0 Å². The average Bonchev–Trinajstić information content (AvgIpc) is 2.44. The maximum Gasteiger partial charge on any atom is -0.0132 e. The maximum absolute atomic E-state index is 3.95.